The number of nitrogens with two attached hydrogens (primary N) is 1. The smallest absolute Gasteiger partial charge is 0.335 e. The van der Waals surface area contributed by atoms with Crippen LogP contribution in [0, 0.1) is 13.8 Å². The third kappa shape index (κ3) is 1.99. The third-order valence-electron chi connectivity index (χ3n) is 2.71. The van der Waals surface area contributed by atoms with E-state index in [4.69, 9.17) is 15.4 Å². The minimum Gasteiger partial charge on any atom is -0.478 e. The van der Waals surface area contributed by atoms with Crippen molar-refractivity contribution in [2.45, 2.75) is 13.8 Å². The predicted molar refractivity (Wildman–Crippen MR) is 62.8 cm³/mol. The fourth-order valence-corrected chi connectivity index (χ4v) is 1.65. The molecule has 0 saturated heterocycles. The monoisotopic (exact) mass is 232 g/mol. The molecule has 0 spiro atoms. The van der Waals surface area contributed by atoms with Crippen LogP contribution in [0.3, 0.4) is 0 Å². The third-order valence-corrected chi connectivity index (χ3v) is 2.71. The maximum absolute atomic E-state index is 11.0. The Kier molecular flexibility index (Phi) is 2.59. The Hall–Kier alpha value is -2.30. The number of aromatic nitrogens is 1. The summed E-state index contributed by atoms with van der Waals surface area (Å²) < 4.78 is 5.05. The summed E-state index contributed by atoms with van der Waals surface area (Å²) in [5.74, 6) is -0.217. The number of carbonyl (C=O) groups is 1. The molecule has 3 N–H and O–H groups in total. The highest BCUT2D eigenvalue weighted by atomic mass is 16.5. The Balaban J connectivity index is 2.64. The zero-order chi connectivity index (χ0) is 12.6. The molecule has 17 heavy (non-hydrogen) atoms. The Labute approximate surface area is 97.8 Å². The number of nitrogens with zero attached hydrogens (tertiary/aromatic N) is 1. The highest BCUT2D eigenvalue weighted by Crippen LogP contribution is 2.28. The van der Waals surface area contributed by atoms with Gasteiger partial charge in [-0.05, 0) is 37.1 Å². The van der Waals surface area contributed by atoms with Gasteiger partial charge in [-0.15, -0.1) is 0 Å². The van der Waals surface area contributed by atoms with Crippen LogP contribution in [-0.2, 0) is 0 Å². The van der Waals surface area contributed by atoms with Gasteiger partial charge in [0.1, 0.15) is 0 Å². The molecule has 1 aromatic heterocycles. The van der Waals surface area contributed by atoms with E-state index < -0.39 is 5.97 Å². The molecule has 0 bridgehead atoms. The van der Waals surface area contributed by atoms with Gasteiger partial charge in [-0.3, -0.25) is 0 Å². The van der Waals surface area contributed by atoms with E-state index in [9.17, 15) is 4.79 Å². The summed E-state index contributed by atoms with van der Waals surface area (Å²) >= 11 is 0. The lowest BCUT2D eigenvalue weighted by atomic mass is 9.98. The van der Waals surface area contributed by atoms with Crippen LogP contribution in [-0.4, -0.2) is 16.2 Å². The molecule has 88 valence electrons. The van der Waals surface area contributed by atoms with Gasteiger partial charge in [0, 0.05) is 11.6 Å². The van der Waals surface area contributed by atoms with Gasteiger partial charge in [-0.25, -0.2) is 4.79 Å². The normalized spacial score (nSPS) is 10.5. The minimum absolute atomic E-state index is 0.220. The molecule has 0 saturated carbocycles. The summed E-state index contributed by atoms with van der Waals surface area (Å²) in [5.41, 5.74) is 8.24. The van der Waals surface area contributed by atoms with Crippen molar-refractivity contribution in [2.75, 3.05) is 5.73 Å². The first kappa shape index (κ1) is 11.2. The fraction of sp³-hybridized carbons (Fsp3) is 0.167. The Morgan fingerprint density at radius 1 is 1.35 bits per heavy atom. The Morgan fingerprint density at radius 2 is 2.06 bits per heavy atom. The molecule has 0 fully saturated rings. The van der Waals surface area contributed by atoms with Crippen molar-refractivity contribution in [3.8, 4) is 11.3 Å². The summed E-state index contributed by atoms with van der Waals surface area (Å²) in [7, 11) is 0. The number of aryl methyl sites for hydroxylation is 1. The molecule has 5 heteroatoms. The van der Waals surface area contributed by atoms with Crippen LogP contribution in [0.15, 0.2) is 22.7 Å². The predicted octanol–water partition coefficient (Wildman–Crippen LogP) is 2.24. The van der Waals surface area contributed by atoms with Crippen molar-refractivity contribution in [3.05, 3.63) is 34.9 Å². The number of carboxylic acid groups (broad SMARTS) is 1. The zero-order valence-electron chi connectivity index (χ0n) is 9.52. The van der Waals surface area contributed by atoms with Crippen LogP contribution in [0.25, 0.3) is 11.3 Å². The standard InChI is InChI=1S/C12H12N2O3/c1-6-3-8(12(15)16)4-9(7(6)2)10-5-11(13)14-17-10/h3-5H,1-2H3,(H2,13,14)(H,15,16). The number of hydrogen-bond donors (Lipinski definition) is 2. The maximum atomic E-state index is 11.0. The van der Waals surface area contributed by atoms with Crippen LogP contribution >= 0.6 is 0 Å². The van der Waals surface area contributed by atoms with Crippen LogP contribution in [0.1, 0.15) is 21.5 Å². The van der Waals surface area contributed by atoms with Gasteiger partial charge in [0.2, 0.25) is 0 Å². The van der Waals surface area contributed by atoms with Crippen molar-refractivity contribution in [1.82, 2.24) is 5.16 Å². The van der Waals surface area contributed by atoms with E-state index in [0.29, 0.717) is 11.3 Å². The molecule has 1 aromatic carbocycles. The van der Waals surface area contributed by atoms with Gasteiger partial charge >= 0.3 is 5.97 Å². The summed E-state index contributed by atoms with van der Waals surface area (Å²) in [5, 5.41) is 12.6. The number of benzene rings is 1. The fourth-order valence-electron chi connectivity index (χ4n) is 1.65. The second-order valence-corrected chi connectivity index (χ2v) is 3.89. The highest BCUT2D eigenvalue weighted by Gasteiger charge is 2.14. The lowest BCUT2D eigenvalue weighted by molar-refractivity contribution is 0.0697. The average Bonchev–Trinajstić information content (AvgIpc) is 2.68. The van der Waals surface area contributed by atoms with E-state index >= 15 is 0 Å². The molecule has 0 unspecified atom stereocenters. The van der Waals surface area contributed by atoms with E-state index in [1.807, 2.05) is 13.8 Å². The van der Waals surface area contributed by atoms with Crippen LogP contribution in [0.2, 0.25) is 0 Å². The molecule has 1 heterocycles. The molecule has 2 aromatic rings. The lowest BCUT2D eigenvalue weighted by Crippen LogP contribution is -1.99. The first-order valence-electron chi connectivity index (χ1n) is 5.06. The lowest BCUT2D eigenvalue weighted by Gasteiger charge is -2.07. The number of carboxylic acids is 1. The summed E-state index contributed by atoms with van der Waals surface area (Å²) in [6.07, 6.45) is 0. The van der Waals surface area contributed by atoms with E-state index in [1.165, 1.54) is 0 Å². The number of nitrogen functional groups attached to an aromatic ring is 1. The quantitative estimate of drug-likeness (QED) is 0.828. The van der Waals surface area contributed by atoms with Crippen molar-refractivity contribution in [1.29, 1.82) is 0 Å². The molecule has 0 aliphatic rings. The molecule has 0 amide bonds. The first-order chi connectivity index (χ1) is 7.99. The first-order valence-corrected chi connectivity index (χ1v) is 5.06. The summed E-state index contributed by atoms with van der Waals surface area (Å²) in [6.45, 7) is 3.75. The van der Waals surface area contributed by atoms with Gasteiger partial charge in [0.15, 0.2) is 11.6 Å². The largest absolute Gasteiger partial charge is 0.478 e. The second-order valence-electron chi connectivity index (χ2n) is 3.89. The maximum Gasteiger partial charge on any atom is 0.335 e. The number of hydrogen-bond acceptors (Lipinski definition) is 4. The molecule has 0 atom stereocenters. The molecule has 0 aliphatic heterocycles. The molecule has 0 radical (unpaired) electrons. The van der Waals surface area contributed by atoms with E-state index in [0.717, 1.165) is 11.1 Å². The Bertz CT molecular complexity index is 587. The highest BCUT2D eigenvalue weighted by molar-refractivity contribution is 5.90. The van der Waals surface area contributed by atoms with E-state index in [-0.39, 0.29) is 11.4 Å². The van der Waals surface area contributed by atoms with Crippen molar-refractivity contribution >= 4 is 11.8 Å². The van der Waals surface area contributed by atoms with Gasteiger partial charge in [-0.1, -0.05) is 5.16 Å². The minimum atomic E-state index is -0.971. The van der Waals surface area contributed by atoms with E-state index in [1.54, 1.807) is 18.2 Å². The van der Waals surface area contributed by atoms with Crippen molar-refractivity contribution in [3.63, 3.8) is 0 Å². The van der Waals surface area contributed by atoms with Crippen LogP contribution < -0.4 is 5.73 Å². The average molecular weight is 232 g/mol. The SMILES string of the molecule is Cc1cc(C(=O)O)cc(-c2cc(N)no2)c1C. The topological polar surface area (TPSA) is 89.3 Å². The summed E-state index contributed by atoms with van der Waals surface area (Å²) in [4.78, 5) is 11.0. The molecule has 0 aliphatic carbocycles. The molecular formula is C12H12N2O3. The Morgan fingerprint density at radius 3 is 2.59 bits per heavy atom. The molecule has 5 nitrogen and oxygen atoms in total. The van der Waals surface area contributed by atoms with Gasteiger partial charge < -0.3 is 15.4 Å². The molecule has 2 rings (SSSR count). The second kappa shape index (κ2) is 3.93. The van der Waals surface area contributed by atoms with Crippen molar-refractivity contribution in [2.24, 2.45) is 0 Å². The van der Waals surface area contributed by atoms with Crippen LogP contribution in [0.4, 0.5) is 5.82 Å². The molecular weight excluding hydrogens is 220 g/mol. The van der Waals surface area contributed by atoms with Gasteiger partial charge in [0.25, 0.3) is 0 Å². The van der Waals surface area contributed by atoms with Crippen molar-refractivity contribution < 1.29 is 14.4 Å². The zero-order valence-corrected chi connectivity index (χ0v) is 9.52. The van der Waals surface area contributed by atoms with Gasteiger partial charge in [-0.2, -0.15) is 0 Å². The van der Waals surface area contributed by atoms with Gasteiger partial charge in [0.05, 0.1) is 5.56 Å². The summed E-state index contributed by atoms with van der Waals surface area (Å²) in [6, 6.07) is 4.76. The van der Waals surface area contributed by atoms with E-state index in [2.05, 4.69) is 5.16 Å². The number of rotatable bonds is 2. The number of aromatic carboxylic acids is 1. The van der Waals surface area contributed by atoms with Crippen LogP contribution in [0.5, 0.6) is 0 Å². The number of anilines is 1.